The van der Waals surface area contributed by atoms with E-state index in [0.29, 0.717) is 19.3 Å². The van der Waals surface area contributed by atoms with E-state index in [4.69, 9.17) is 9.47 Å². The molecule has 0 amide bonds. The molecule has 254 valence electrons. The first-order chi connectivity index (χ1) is 21.6. The van der Waals surface area contributed by atoms with Crippen LogP contribution in [0.5, 0.6) is 0 Å². The Balaban J connectivity index is 3.69. The molecule has 0 aromatic rings. The van der Waals surface area contributed by atoms with Gasteiger partial charge in [-0.05, 0) is 70.6 Å². The Morgan fingerprint density at radius 1 is 0.523 bits per heavy atom. The van der Waals surface area contributed by atoms with Crippen LogP contribution in [0.4, 0.5) is 0 Å². The van der Waals surface area contributed by atoms with E-state index in [1.165, 1.54) is 89.9 Å². The third-order valence-corrected chi connectivity index (χ3v) is 7.60. The number of esters is 2. The molecule has 1 atom stereocenters. The fourth-order valence-electron chi connectivity index (χ4n) is 4.80. The Bertz CT molecular complexity index is 752. The van der Waals surface area contributed by atoms with E-state index in [1.54, 1.807) is 0 Å². The molecule has 0 saturated carbocycles. The van der Waals surface area contributed by atoms with Gasteiger partial charge in [0.15, 0.2) is 6.10 Å². The predicted molar refractivity (Wildman–Crippen MR) is 187 cm³/mol. The minimum absolute atomic E-state index is 0.0960. The molecular weight excluding hydrogens is 548 g/mol. The summed E-state index contributed by atoms with van der Waals surface area (Å²) in [6, 6.07) is 0. The molecule has 0 aromatic heterocycles. The lowest BCUT2D eigenvalue weighted by Gasteiger charge is -2.15. The standard InChI is InChI=1S/C39H68O5/c1-3-5-7-9-11-13-15-17-18-19-20-22-23-25-27-29-31-33-38(41)43-36-37(35-40)44-39(42)34-32-30-28-26-24-21-16-14-12-10-8-6-4-2/h14,16-18,20,22,25,27,37,40H,3-13,15,19,21,23-24,26,28-36H2,1-2H3. The maximum Gasteiger partial charge on any atom is 0.306 e. The zero-order valence-corrected chi connectivity index (χ0v) is 28.7. The van der Waals surface area contributed by atoms with Gasteiger partial charge in [0.25, 0.3) is 0 Å². The van der Waals surface area contributed by atoms with Crippen LogP contribution in [-0.2, 0) is 19.1 Å². The summed E-state index contributed by atoms with van der Waals surface area (Å²) in [7, 11) is 0. The summed E-state index contributed by atoms with van der Waals surface area (Å²) in [6.07, 6.45) is 43.1. The number of hydrogen-bond donors (Lipinski definition) is 1. The van der Waals surface area contributed by atoms with Crippen LogP contribution in [0, 0.1) is 0 Å². The molecule has 0 aliphatic rings. The first-order valence-electron chi connectivity index (χ1n) is 18.2. The van der Waals surface area contributed by atoms with Crippen molar-refractivity contribution in [3.8, 4) is 0 Å². The summed E-state index contributed by atoms with van der Waals surface area (Å²) in [5, 5.41) is 9.51. The van der Waals surface area contributed by atoms with Crippen LogP contribution in [-0.4, -0.2) is 36.4 Å². The predicted octanol–water partition coefficient (Wildman–Crippen LogP) is 11.1. The fraction of sp³-hybridized carbons (Fsp3) is 0.744. The normalized spacial score (nSPS) is 12.7. The molecule has 5 heteroatoms. The summed E-state index contributed by atoms with van der Waals surface area (Å²) in [5.74, 6) is -0.665. The van der Waals surface area contributed by atoms with Crippen LogP contribution < -0.4 is 0 Å². The SMILES string of the molecule is CCCCCCC=CCCCCCCCC(=O)OC(CO)COC(=O)CCCC=CCC=CCC=CCCCCCCCC. The molecule has 0 spiro atoms. The van der Waals surface area contributed by atoms with Crippen molar-refractivity contribution >= 4 is 11.9 Å². The van der Waals surface area contributed by atoms with Gasteiger partial charge in [0.05, 0.1) is 6.61 Å². The van der Waals surface area contributed by atoms with Gasteiger partial charge in [-0.2, -0.15) is 0 Å². The molecule has 0 aliphatic carbocycles. The van der Waals surface area contributed by atoms with Crippen molar-refractivity contribution in [2.24, 2.45) is 0 Å². The van der Waals surface area contributed by atoms with Gasteiger partial charge in [0.1, 0.15) is 6.61 Å². The Morgan fingerprint density at radius 2 is 0.932 bits per heavy atom. The lowest BCUT2D eigenvalue weighted by molar-refractivity contribution is -0.161. The third-order valence-electron chi connectivity index (χ3n) is 7.60. The number of carbonyl (C=O) groups is 2. The largest absolute Gasteiger partial charge is 0.462 e. The average Bonchev–Trinajstić information content (AvgIpc) is 3.02. The lowest BCUT2D eigenvalue weighted by atomic mass is 10.1. The van der Waals surface area contributed by atoms with Gasteiger partial charge >= 0.3 is 11.9 Å². The summed E-state index contributed by atoms with van der Waals surface area (Å²) in [6.45, 7) is 4.05. The second-order valence-corrected chi connectivity index (χ2v) is 11.9. The number of hydrogen-bond acceptors (Lipinski definition) is 5. The summed E-state index contributed by atoms with van der Waals surface area (Å²) in [4.78, 5) is 24.1. The van der Waals surface area contributed by atoms with Gasteiger partial charge in [-0.1, -0.05) is 133 Å². The Morgan fingerprint density at radius 3 is 1.48 bits per heavy atom. The van der Waals surface area contributed by atoms with E-state index in [9.17, 15) is 14.7 Å². The van der Waals surface area contributed by atoms with Crippen molar-refractivity contribution in [3.63, 3.8) is 0 Å². The number of allylic oxidation sites excluding steroid dienone is 8. The van der Waals surface area contributed by atoms with Gasteiger partial charge in [-0.3, -0.25) is 9.59 Å². The second kappa shape index (κ2) is 35.3. The molecule has 0 radical (unpaired) electrons. The highest BCUT2D eigenvalue weighted by atomic mass is 16.6. The molecule has 0 aliphatic heterocycles. The van der Waals surface area contributed by atoms with Gasteiger partial charge in [0, 0.05) is 12.8 Å². The zero-order chi connectivity index (χ0) is 32.2. The lowest BCUT2D eigenvalue weighted by Crippen LogP contribution is -2.28. The smallest absolute Gasteiger partial charge is 0.306 e. The maximum atomic E-state index is 12.1. The van der Waals surface area contributed by atoms with Crippen molar-refractivity contribution in [2.75, 3.05) is 13.2 Å². The van der Waals surface area contributed by atoms with Gasteiger partial charge in [-0.25, -0.2) is 0 Å². The van der Waals surface area contributed by atoms with Crippen LogP contribution in [0.15, 0.2) is 48.6 Å². The summed E-state index contributed by atoms with van der Waals surface area (Å²) >= 11 is 0. The number of unbranched alkanes of at least 4 members (excludes halogenated alkanes) is 16. The number of aliphatic hydroxyl groups excluding tert-OH is 1. The van der Waals surface area contributed by atoms with Crippen LogP contribution in [0.2, 0.25) is 0 Å². The third kappa shape index (κ3) is 32.8. The first kappa shape index (κ1) is 41.9. The van der Waals surface area contributed by atoms with E-state index < -0.39 is 6.10 Å². The highest BCUT2D eigenvalue weighted by molar-refractivity contribution is 5.70. The molecule has 0 saturated heterocycles. The highest BCUT2D eigenvalue weighted by Gasteiger charge is 2.15. The Labute approximate surface area is 271 Å². The minimum Gasteiger partial charge on any atom is -0.462 e. The quantitative estimate of drug-likeness (QED) is 0.0462. The number of rotatable bonds is 32. The average molecular weight is 617 g/mol. The van der Waals surface area contributed by atoms with Crippen molar-refractivity contribution in [2.45, 2.75) is 174 Å². The van der Waals surface area contributed by atoms with E-state index in [-0.39, 0.29) is 25.2 Å². The molecule has 44 heavy (non-hydrogen) atoms. The molecule has 5 nitrogen and oxygen atoms in total. The second-order valence-electron chi connectivity index (χ2n) is 11.9. The van der Waals surface area contributed by atoms with Crippen LogP contribution in [0.25, 0.3) is 0 Å². The first-order valence-corrected chi connectivity index (χ1v) is 18.2. The van der Waals surface area contributed by atoms with Gasteiger partial charge < -0.3 is 14.6 Å². The van der Waals surface area contributed by atoms with Crippen LogP contribution >= 0.6 is 0 Å². The molecule has 0 rings (SSSR count). The molecule has 1 unspecified atom stereocenters. The van der Waals surface area contributed by atoms with E-state index in [1.807, 2.05) is 0 Å². The van der Waals surface area contributed by atoms with E-state index >= 15 is 0 Å². The topological polar surface area (TPSA) is 72.8 Å². The number of aliphatic hydroxyl groups is 1. The summed E-state index contributed by atoms with van der Waals surface area (Å²) in [5.41, 5.74) is 0. The van der Waals surface area contributed by atoms with Crippen molar-refractivity contribution < 1.29 is 24.2 Å². The molecular formula is C39H68O5. The van der Waals surface area contributed by atoms with Gasteiger partial charge in [-0.15, -0.1) is 0 Å². The summed E-state index contributed by atoms with van der Waals surface area (Å²) < 4.78 is 10.5. The van der Waals surface area contributed by atoms with Crippen molar-refractivity contribution in [3.05, 3.63) is 48.6 Å². The molecule has 0 fully saturated rings. The fourth-order valence-corrected chi connectivity index (χ4v) is 4.80. The number of ether oxygens (including phenoxy) is 2. The van der Waals surface area contributed by atoms with Crippen LogP contribution in [0.1, 0.15) is 168 Å². The van der Waals surface area contributed by atoms with Crippen LogP contribution in [0.3, 0.4) is 0 Å². The Hall–Kier alpha value is -2.14. The highest BCUT2D eigenvalue weighted by Crippen LogP contribution is 2.11. The van der Waals surface area contributed by atoms with Crippen molar-refractivity contribution in [1.82, 2.24) is 0 Å². The van der Waals surface area contributed by atoms with E-state index in [2.05, 4.69) is 62.5 Å². The monoisotopic (exact) mass is 617 g/mol. The molecule has 0 aromatic carbocycles. The van der Waals surface area contributed by atoms with Crippen molar-refractivity contribution in [1.29, 1.82) is 0 Å². The minimum atomic E-state index is -0.794. The number of carbonyl (C=O) groups excluding carboxylic acids is 2. The zero-order valence-electron chi connectivity index (χ0n) is 28.7. The van der Waals surface area contributed by atoms with Gasteiger partial charge in [0.2, 0.25) is 0 Å². The molecule has 1 N–H and O–H groups in total. The van der Waals surface area contributed by atoms with E-state index in [0.717, 1.165) is 44.9 Å². The maximum absolute atomic E-state index is 12.1. The Kier molecular flexibility index (Phi) is 33.6. The molecule has 0 heterocycles. The molecule has 0 bridgehead atoms.